The molecule has 14 rings (SSSR count). The van der Waals surface area contributed by atoms with Gasteiger partial charge in [0.05, 0.1) is 179 Å². The first-order valence-corrected chi connectivity index (χ1v) is 45.5. The Hall–Kier alpha value is -0.280. The molecule has 0 N–H and O–H groups in total. The average molecular weight is 1480 g/mol. The molecule has 0 bridgehead atoms. The van der Waals surface area contributed by atoms with Crippen LogP contribution in [-0.2, 0) is 0 Å². The Morgan fingerprint density at radius 1 is 0.162 bits per heavy atom. The first-order valence-electron chi connectivity index (χ1n) is 45.5. The molecule has 21 unspecified atom stereocenters. The van der Waals surface area contributed by atoms with Gasteiger partial charge in [0.2, 0.25) is 0 Å². The van der Waals surface area contributed by atoms with Crippen LogP contribution in [0, 0.1) is 123 Å². The van der Waals surface area contributed by atoms with Crippen LogP contribution in [0.2, 0.25) is 0 Å². The van der Waals surface area contributed by atoms with Gasteiger partial charge in [-0.05, 0) is 181 Å². The Morgan fingerprint density at radius 2 is 0.533 bits per heavy atom. The van der Waals surface area contributed by atoms with Crippen LogP contribution in [0.1, 0.15) is 338 Å². The monoisotopic (exact) mass is 1480 g/mol. The zero-order valence-corrected chi connectivity index (χ0v) is 77.9. The molecule has 21 atom stereocenters. The molecule has 7 nitrogen and oxygen atoms in total. The predicted octanol–water partition coefficient (Wildman–Crippen LogP) is 24.8. The molecule has 14 heterocycles. The van der Waals surface area contributed by atoms with E-state index in [2.05, 4.69) is 145 Å². The fourth-order valence-corrected chi connectivity index (χ4v) is 26.6. The van der Waals surface area contributed by atoms with Crippen LogP contribution in [0.3, 0.4) is 0 Å². The largest absolute Gasteiger partial charge is 0.358 e. The summed E-state index contributed by atoms with van der Waals surface area (Å²) >= 11 is 0. The van der Waals surface area contributed by atoms with Crippen molar-refractivity contribution < 1.29 is 31.4 Å². The number of quaternary nitrogens is 7. The molecule has 0 aromatic heterocycles. The summed E-state index contributed by atoms with van der Waals surface area (Å²) in [7, 11) is 0. The van der Waals surface area contributed by atoms with Crippen molar-refractivity contribution >= 4 is 0 Å². The van der Waals surface area contributed by atoms with Gasteiger partial charge >= 0.3 is 0 Å². The van der Waals surface area contributed by atoms with Gasteiger partial charge in [0.15, 0.2) is 0 Å². The lowest BCUT2D eigenvalue weighted by molar-refractivity contribution is -0.961. The van der Waals surface area contributed by atoms with E-state index in [-0.39, 0.29) is 52.0 Å². The van der Waals surface area contributed by atoms with Crippen LogP contribution >= 0.6 is 0 Å². The average Bonchev–Trinajstić information content (AvgIpc) is 1.68. The Morgan fingerprint density at radius 3 is 1.08 bits per heavy atom. The van der Waals surface area contributed by atoms with Gasteiger partial charge in [-0.3, -0.25) is 0 Å². The first-order chi connectivity index (χ1) is 46.5. The van der Waals surface area contributed by atoms with Crippen LogP contribution in [0.25, 0.3) is 0 Å². The lowest BCUT2D eigenvalue weighted by Crippen LogP contribution is -2.58. The Bertz CT molecular complexity index is 2200. The van der Waals surface area contributed by atoms with E-state index in [0.717, 1.165) is 125 Å². The third-order valence-electron chi connectivity index (χ3n) is 34.9. The quantitative estimate of drug-likeness (QED) is 0.168. The maximum Gasteiger partial charge on any atom is 0.0889 e. The van der Waals surface area contributed by atoms with Crippen LogP contribution in [0.4, 0.5) is 0 Å². The molecule has 0 aromatic rings. The molecular weight excluding hydrogens is 1280 g/mol. The molecule has 0 radical (unpaired) electrons. The highest BCUT2D eigenvalue weighted by Crippen LogP contribution is 2.43. The van der Waals surface area contributed by atoms with Crippen molar-refractivity contribution in [2.75, 3.05) is 124 Å². The highest BCUT2D eigenvalue weighted by Gasteiger charge is 2.49. The van der Waals surface area contributed by atoms with Crippen LogP contribution < -0.4 is 0 Å². The van der Waals surface area contributed by atoms with Crippen LogP contribution in [-0.4, -0.2) is 210 Å². The predicted molar refractivity (Wildman–Crippen MR) is 473 cm³/mol. The first kappa shape index (κ1) is 103. The molecule has 7 spiro atoms. The summed E-state index contributed by atoms with van der Waals surface area (Å²) in [5.74, 6) is 11.4. The van der Waals surface area contributed by atoms with Crippen LogP contribution in [0.5, 0.6) is 0 Å². The summed E-state index contributed by atoms with van der Waals surface area (Å²) in [6, 6.07) is 8.32. The van der Waals surface area contributed by atoms with Gasteiger partial charge in [-0.2, -0.15) is 0 Å². The van der Waals surface area contributed by atoms with E-state index in [1.54, 1.807) is 0 Å². The lowest BCUT2D eigenvalue weighted by Gasteiger charge is -2.45. The molecule has 105 heavy (non-hydrogen) atoms. The normalized spacial score (nSPS) is 39.8. The highest BCUT2D eigenvalue weighted by atomic mass is 15.4. The molecule has 14 aliphatic rings. The SMILES string of the molecule is CC1CC(C)C[N+]2(CCCC2)C(C)C1.CC1CCC(C)C(C)[N+]2(CCCC2)C1.CC1CCC(C)[N+]2(CCCC2)C(C)C1.CC1CCC(C)[N+]2(CCCC2)CC1C.CC1CCCC(C)[N+]2(CCCC2)C1C.CC1CC[N+]2(CCCC2)C(C)C(C)C1.CC1CC[N+]2(CCCC2)C(C)CC1C.[CH3-].[CH3-].[CH3-].[CH3-].[CH3-].[CH3-].[CH3-]. The standard InChI is InChI=1S/7C13H26N.7CH3/c1-11-7-6-8-12(2)14(13(11)3)9-4-5-10-14;1-11-6-7-13(3)14(10-12(11)2)8-4-5-9-14;1-11-6-7-12(2)13(3)14(10-11)8-4-5-9-14;1-11-6-7-12(2)14(13(3)10-11)8-4-5-9-14;1-11-6-9-14(7-4-5-8-14)13(3)10-12(11)2;1-11-6-9-14(7-4-5-8-14)13(3)12(2)10-11;1-11-8-12(2)10-14(13(3)9-11)6-4-5-7-14;;;;;;;/h7*11-13H,4-10H2,1-3H3;7*1H3/q7*+1;7*-1. The summed E-state index contributed by atoms with van der Waals surface area (Å²) < 4.78 is 10.2. The molecule has 0 amide bonds. The van der Waals surface area contributed by atoms with Gasteiger partial charge in [-0.25, -0.2) is 0 Å². The molecule has 14 saturated heterocycles. The molecule has 0 aromatic carbocycles. The maximum atomic E-state index is 2.51. The van der Waals surface area contributed by atoms with E-state index in [0.29, 0.717) is 0 Å². The molecular formula is C98H203N7. The van der Waals surface area contributed by atoms with Crippen molar-refractivity contribution in [2.45, 2.75) is 392 Å². The Kier molecular flexibility index (Phi) is 45.3. The topological polar surface area (TPSA) is 0 Å². The van der Waals surface area contributed by atoms with Gasteiger partial charge in [-0.15, -0.1) is 0 Å². The van der Waals surface area contributed by atoms with E-state index >= 15 is 0 Å². The number of hydrogen-bond donors (Lipinski definition) is 0. The van der Waals surface area contributed by atoms with Gasteiger partial charge in [0.25, 0.3) is 0 Å². The minimum absolute atomic E-state index is 0. The van der Waals surface area contributed by atoms with E-state index in [4.69, 9.17) is 0 Å². The lowest BCUT2D eigenvalue weighted by atomic mass is 9.90. The summed E-state index contributed by atoms with van der Waals surface area (Å²) in [5, 5.41) is 0. The van der Waals surface area contributed by atoms with Crippen molar-refractivity contribution in [1.29, 1.82) is 0 Å². The summed E-state index contributed by atoms with van der Waals surface area (Å²) in [5.41, 5.74) is 0. The number of rotatable bonds is 0. The highest BCUT2D eigenvalue weighted by molar-refractivity contribution is 4.81. The summed E-state index contributed by atoms with van der Waals surface area (Å²) in [6.07, 6.45) is 44.1. The number of hydrogen-bond acceptors (Lipinski definition) is 0. The van der Waals surface area contributed by atoms with Gasteiger partial charge in [0.1, 0.15) is 0 Å². The van der Waals surface area contributed by atoms with E-state index < -0.39 is 0 Å². The summed E-state index contributed by atoms with van der Waals surface area (Å²) in [6.45, 7) is 79.9. The summed E-state index contributed by atoms with van der Waals surface area (Å²) in [4.78, 5) is 0. The van der Waals surface area contributed by atoms with Gasteiger partial charge < -0.3 is 83.4 Å². The zero-order valence-electron chi connectivity index (χ0n) is 77.9. The van der Waals surface area contributed by atoms with Crippen molar-refractivity contribution in [3.05, 3.63) is 52.0 Å². The fraction of sp³-hybridized carbons (Fsp3) is 0.929. The third-order valence-corrected chi connectivity index (χ3v) is 34.9. The van der Waals surface area contributed by atoms with Crippen LogP contribution in [0.15, 0.2) is 0 Å². The second-order valence-electron chi connectivity index (χ2n) is 41.5. The van der Waals surface area contributed by atoms with Crippen molar-refractivity contribution in [1.82, 2.24) is 0 Å². The molecule has 14 fully saturated rings. The second kappa shape index (κ2) is 46.3. The Labute approximate surface area is 667 Å². The van der Waals surface area contributed by atoms with E-state index in [1.807, 2.05) is 0 Å². The third kappa shape index (κ3) is 25.6. The van der Waals surface area contributed by atoms with Gasteiger partial charge in [0, 0.05) is 145 Å². The maximum absolute atomic E-state index is 2.51. The molecule has 0 saturated carbocycles. The second-order valence-corrected chi connectivity index (χ2v) is 41.5. The molecule has 14 aliphatic heterocycles. The molecule has 0 aliphatic carbocycles. The van der Waals surface area contributed by atoms with Gasteiger partial charge in [-0.1, -0.05) is 83.1 Å². The van der Waals surface area contributed by atoms with Crippen molar-refractivity contribution in [3.8, 4) is 0 Å². The zero-order chi connectivity index (χ0) is 71.3. The number of nitrogens with zero attached hydrogens (tertiary/aromatic N) is 7. The fourth-order valence-electron chi connectivity index (χ4n) is 26.6. The molecule has 630 valence electrons. The van der Waals surface area contributed by atoms with E-state index in [9.17, 15) is 0 Å². The Balaban J connectivity index is 0.000000606. The minimum atomic E-state index is 0. The van der Waals surface area contributed by atoms with Crippen molar-refractivity contribution in [3.63, 3.8) is 0 Å². The van der Waals surface area contributed by atoms with E-state index in [1.165, 1.54) is 348 Å². The molecule has 7 heteroatoms. The van der Waals surface area contributed by atoms with Crippen molar-refractivity contribution in [2.24, 2.45) is 71.0 Å². The smallest absolute Gasteiger partial charge is 0.0889 e. The minimum Gasteiger partial charge on any atom is -0.358 e.